The van der Waals surface area contributed by atoms with Crippen LogP contribution >= 0.6 is 0 Å². The Labute approximate surface area is 136 Å². The lowest BCUT2D eigenvalue weighted by Crippen LogP contribution is -2.50. The summed E-state index contributed by atoms with van der Waals surface area (Å²) in [6, 6.07) is 8.82. The number of hydrogen-bond acceptors (Lipinski definition) is 4. The summed E-state index contributed by atoms with van der Waals surface area (Å²) in [5.41, 5.74) is 1.30. The average Bonchev–Trinajstić information content (AvgIpc) is 2.52. The number of carbonyl (C=O) groups is 1. The van der Waals surface area contributed by atoms with Gasteiger partial charge in [-0.15, -0.1) is 0 Å². The van der Waals surface area contributed by atoms with Crippen LogP contribution in [0.4, 0.5) is 0 Å². The van der Waals surface area contributed by atoms with E-state index in [0.717, 1.165) is 24.8 Å². The Bertz CT molecular complexity index is 712. The van der Waals surface area contributed by atoms with Crippen molar-refractivity contribution in [1.82, 2.24) is 9.62 Å². The second-order valence-electron chi connectivity index (χ2n) is 5.58. The van der Waals surface area contributed by atoms with Crippen LogP contribution in [0.5, 0.6) is 0 Å². The smallest absolute Gasteiger partial charge is 0.274 e. The molecule has 0 radical (unpaired) electrons. The minimum Gasteiger partial charge on any atom is -0.334 e. The Morgan fingerprint density at radius 1 is 1.43 bits per heavy atom. The number of benzene rings is 1. The van der Waals surface area contributed by atoms with Crippen molar-refractivity contribution in [2.24, 2.45) is 5.14 Å². The number of nitrogens with zero attached hydrogens (tertiary/aromatic N) is 2. The molecule has 1 aromatic rings. The van der Waals surface area contributed by atoms with Crippen molar-refractivity contribution in [3.05, 3.63) is 35.4 Å². The second kappa shape index (κ2) is 7.55. The molecule has 3 N–H and O–H groups in total. The molecule has 1 atom stereocenters. The Morgan fingerprint density at radius 2 is 2.22 bits per heavy atom. The van der Waals surface area contributed by atoms with Gasteiger partial charge in [-0.2, -0.15) is 13.7 Å². The predicted molar refractivity (Wildman–Crippen MR) is 85.5 cm³/mol. The number of likely N-dealkylation sites (tertiary alicyclic amines) is 1. The summed E-state index contributed by atoms with van der Waals surface area (Å²) in [5.74, 6) is -0.147. The lowest BCUT2D eigenvalue weighted by Gasteiger charge is -2.35. The topological polar surface area (TPSA) is 116 Å². The minimum absolute atomic E-state index is 0.114. The van der Waals surface area contributed by atoms with Crippen molar-refractivity contribution in [2.45, 2.75) is 31.7 Å². The maximum absolute atomic E-state index is 12.7. The van der Waals surface area contributed by atoms with Crippen LogP contribution < -0.4 is 9.86 Å². The van der Waals surface area contributed by atoms with E-state index in [2.05, 4.69) is 10.8 Å². The summed E-state index contributed by atoms with van der Waals surface area (Å²) in [6.07, 6.45) is 2.80. The molecule has 124 valence electrons. The molecule has 1 aliphatic heterocycles. The van der Waals surface area contributed by atoms with Crippen molar-refractivity contribution in [3.63, 3.8) is 0 Å². The van der Waals surface area contributed by atoms with Crippen LogP contribution in [-0.4, -0.2) is 38.4 Å². The van der Waals surface area contributed by atoms with E-state index in [-0.39, 0.29) is 24.9 Å². The fourth-order valence-corrected chi connectivity index (χ4v) is 3.19. The molecule has 8 heteroatoms. The number of nitrogens with two attached hydrogens (primary N) is 1. The number of nitriles is 1. The monoisotopic (exact) mass is 336 g/mol. The van der Waals surface area contributed by atoms with E-state index in [1.165, 1.54) is 0 Å². The molecule has 23 heavy (non-hydrogen) atoms. The number of rotatable bonds is 5. The van der Waals surface area contributed by atoms with Gasteiger partial charge < -0.3 is 4.90 Å². The largest absolute Gasteiger partial charge is 0.334 e. The van der Waals surface area contributed by atoms with Gasteiger partial charge in [-0.25, -0.2) is 9.86 Å². The van der Waals surface area contributed by atoms with E-state index in [1.807, 2.05) is 0 Å². The summed E-state index contributed by atoms with van der Waals surface area (Å²) in [7, 11) is -3.78. The van der Waals surface area contributed by atoms with Crippen molar-refractivity contribution >= 4 is 16.1 Å². The molecule has 7 nitrogen and oxygen atoms in total. The maximum atomic E-state index is 12.7. The molecule has 0 spiro atoms. The number of carbonyl (C=O) groups excluding carboxylic acids is 1. The lowest BCUT2D eigenvalue weighted by atomic mass is 10.00. The Morgan fingerprint density at radius 3 is 2.91 bits per heavy atom. The number of piperidine rings is 1. The van der Waals surface area contributed by atoms with Gasteiger partial charge in [0, 0.05) is 24.7 Å². The van der Waals surface area contributed by atoms with Gasteiger partial charge in [0.2, 0.25) is 0 Å². The van der Waals surface area contributed by atoms with Crippen molar-refractivity contribution in [2.75, 3.05) is 13.1 Å². The fourth-order valence-electron chi connectivity index (χ4n) is 2.76. The zero-order valence-corrected chi connectivity index (χ0v) is 13.6. The molecule has 0 aromatic heterocycles. The van der Waals surface area contributed by atoms with Crippen LogP contribution in [0.3, 0.4) is 0 Å². The first-order valence-electron chi connectivity index (χ1n) is 7.45. The third-order valence-electron chi connectivity index (χ3n) is 3.87. The van der Waals surface area contributed by atoms with E-state index >= 15 is 0 Å². The predicted octanol–water partition coefficient (Wildman–Crippen LogP) is 0.540. The van der Waals surface area contributed by atoms with Gasteiger partial charge in [-0.05, 0) is 37.0 Å². The van der Waals surface area contributed by atoms with Gasteiger partial charge in [0.05, 0.1) is 12.5 Å². The molecular weight excluding hydrogens is 316 g/mol. The Balaban J connectivity index is 2.14. The maximum Gasteiger partial charge on any atom is 0.274 e. The molecule has 1 aliphatic rings. The minimum atomic E-state index is -3.78. The highest BCUT2D eigenvalue weighted by Gasteiger charge is 2.28. The molecule has 2 rings (SSSR count). The van der Waals surface area contributed by atoms with Crippen LogP contribution in [0.1, 0.15) is 35.2 Å². The molecule has 1 heterocycles. The molecular formula is C15H20N4O3S. The van der Waals surface area contributed by atoms with Crippen molar-refractivity contribution in [1.29, 1.82) is 5.26 Å². The van der Waals surface area contributed by atoms with Gasteiger partial charge in [0.25, 0.3) is 16.1 Å². The first-order chi connectivity index (χ1) is 10.9. The van der Waals surface area contributed by atoms with Crippen molar-refractivity contribution < 1.29 is 13.2 Å². The number of nitrogens with one attached hydrogen (secondary N) is 1. The van der Waals surface area contributed by atoms with Gasteiger partial charge in [0.1, 0.15) is 0 Å². The molecule has 1 aromatic carbocycles. The van der Waals surface area contributed by atoms with Gasteiger partial charge in [-0.1, -0.05) is 12.1 Å². The van der Waals surface area contributed by atoms with Crippen LogP contribution in [0.2, 0.25) is 0 Å². The molecule has 0 aliphatic carbocycles. The molecule has 1 saturated heterocycles. The van der Waals surface area contributed by atoms with Gasteiger partial charge in [-0.3, -0.25) is 4.79 Å². The zero-order chi connectivity index (χ0) is 16.9. The lowest BCUT2D eigenvalue weighted by molar-refractivity contribution is 0.0618. The second-order valence-corrected chi connectivity index (χ2v) is 6.96. The van der Waals surface area contributed by atoms with E-state index in [4.69, 9.17) is 10.4 Å². The van der Waals surface area contributed by atoms with Crippen LogP contribution in [0.15, 0.2) is 24.3 Å². The molecule has 1 unspecified atom stereocenters. The standard InChI is InChI=1S/C15H20N4O3S/c16-8-7-12-4-3-5-13(10-12)15(20)19-9-2-1-6-14(19)11-18-23(17,21)22/h3-5,10,14,18H,1-2,6-7,9,11H2,(H2,17,21,22). The third-order valence-corrected chi connectivity index (χ3v) is 4.43. The van der Waals surface area contributed by atoms with E-state index in [9.17, 15) is 13.2 Å². The summed E-state index contributed by atoms with van der Waals surface area (Å²) < 4.78 is 24.4. The first-order valence-corrected chi connectivity index (χ1v) is 8.99. The molecule has 1 amide bonds. The van der Waals surface area contributed by atoms with Gasteiger partial charge in [0.15, 0.2) is 0 Å². The van der Waals surface area contributed by atoms with Crippen LogP contribution in [0.25, 0.3) is 0 Å². The Kier molecular flexibility index (Phi) is 5.71. The van der Waals surface area contributed by atoms with Crippen LogP contribution in [0, 0.1) is 11.3 Å². The highest BCUT2D eigenvalue weighted by Crippen LogP contribution is 2.20. The number of amides is 1. The highest BCUT2D eigenvalue weighted by atomic mass is 32.2. The quantitative estimate of drug-likeness (QED) is 0.816. The highest BCUT2D eigenvalue weighted by molar-refractivity contribution is 7.87. The average molecular weight is 336 g/mol. The summed E-state index contributed by atoms with van der Waals surface area (Å²) >= 11 is 0. The SMILES string of the molecule is N#CCc1cccc(C(=O)N2CCCCC2CNS(N)(=O)=O)c1. The first kappa shape index (κ1) is 17.4. The molecule has 1 fully saturated rings. The third kappa shape index (κ3) is 5.03. The van der Waals surface area contributed by atoms with Crippen molar-refractivity contribution in [3.8, 4) is 6.07 Å². The van der Waals surface area contributed by atoms with Gasteiger partial charge >= 0.3 is 0 Å². The summed E-state index contributed by atoms with van der Waals surface area (Å²) in [5, 5.41) is 13.7. The summed E-state index contributed by atoms with van der Waals surface area (Å²) in [6.45, 7) is 0.695. The molecule has 0 saturated carbocycles. The van der Waals surface area contributed by atoms with E-state index in [0.29, 0.717) is 12.1 Å². The molecule has 0 bridgehead atoms. The van der Waals surface area contributed by atoms with E-state index < -0.39 is 10.2 Å². The normalized spacial score (nSPS) is 18.4. The van der Waals surface area contributed by atoms with E-state index in [1.54, 1.807) is 29.2 Å². The Hall–Kier alpha value is -1.95. The number of hydrogen-bond donors (Lipinski definition) is 2. The zero-order valence-electron chi connectivity index (χ0n) is 12.7. The summed E-state index contributed by atoms with van der Waals surface area (Å²) in [4.78, 5) is 14.4. The van der Waals surface area contributed by atoms with Crippen LogP contribution in [-0.2, 0) is 16.6 Å². The fraction of sp³-hybridized carbons (Fsp3) is 0.467.